The van der Waals surface area contributed by atoms with E-state index in [1.165, 1.54) is 4.88 Å². The van der Waals surface area contributed by atoms with Crippen molar-refractivity contribution >= 4 is 33.3 Å². The zero-order valence-corrected chi connectivity index (χ0v) is 17.9. The largest absolute Gasteiger partial charge is 0.451 e. The number of hydrogen-bond donors (Lipinski definition) is 1. The summed E-state index contributed by atoms with van der Waals surface area (Å²) in [4.78, 5) is 15.8. The van der Waals surface area contributed by atoms with Gasteiger partial charge in [-0.15, -0.1) is 21.5 Å². The second-order valence-corrected chi connectivity index (χ2v) is 9.15. The van der Waals surface area contributed by atoms with Gasteiger partial charge in [-0.3, -0.25) is 0 Å². The second kappa shape index (κ2) is 7.59. The molecule has 0 bridgehead atoms. The predicted molar refractivity (Wildman–Crippen MR) is 112 cm³/mol. The monoisotopic (exact) mass is 452 g/mol. The van der Waals surface area contributed by atoms with Gasteiger partial charge in [-0.05, 0) is 18.9 Å². The molecular formula is C19H23F3N8S. The standard InChI is InChI=1S/C19H23F3N8S/c1-2-3-12-8-13-15(24-18(25-16(13)31-12)29-5-4-11(23)9-29)28-6-7-30-14(10-28)26-27-17(30)19(20,21)22/h8,11H,2-7,9-10,23H2,1H3/t11-/m1/s1. The minimum Gasteiger partial charge on any atom is -0.347 e. The average molecular weight is 453 g/mol. The predicted octanol–water partition coefficient (Wildman–Crippen LogP) is 2.81. The molecule has 166 valence electrons. The van der Waals surface area contributed by atoms with Gasteiger partial charge >= 0.3 is 6.18 Å². The fourth-order valence-electron chi connectivity index (χ4n) is 4.21. The molecule has 3 aromatic rings. The van der Waals surface area contributed by atoms with Gasteiger partial charge in [0.15, 0.2) is 5.82 Å². The molecule has 12 heteroatoms. The van der Waals surface area contributed by atoms with Crippen molar-refractivity contribution in [3.63, 3.8) is 0 Å². The van der Waals surface area contributed by atoms with Crippen LogP contribution in [-0.2, 0) is 25.7 Å². The summed E-state index contributed by atoms with van der Waals surface area (Å²) in [5.41, 5.74) is 6.08. The van der Waals surface area contributed by atoms with Crippen molar-refractivity contribution in [2.45, 2.75) is 51.5 Å². The van der Waals surface area contributed by atoms with Crippen LogP contribution in [0.4, 0.5) is 24.9 Å². The zero-order chi connectivity index (χ0) is 21.8. The molecule has 2 aliphatic heterocycles. The number of anilines is 2. The number of aromatic nitrogens is 5. The van der Waals surface area contributed by atoms with Gasteiger partial charge in [-0.2, -0.15) is 18.2 Å². The van der Waals surface area contributed by atoms with E-state index in [0.717, 1.165) is 46.4 Å². The number of hydrogen-bond acceptors (Lipinski definition) is 8. The maximum Gasteiger partial charge on any atom is 0.451 e. The maximum absolute atomic E-state index is 13.2. The second-order valence-electron chi connectivity index (χ2n) is 8.03. The van der Waals surface area contributed by atoms with Gasteiger partial charge in [-0.25, -0.2) is 4.98 Å². The molecule has 31 heavy (non-hydrogen) atoms. The molecule has 0 aliphatic carbocycles. The molecule has 2 N–H and O–H groups in total. The van der Waals surface area contributed by atoms with Gasteiger partial charge in [0.1, 0.15) is 10.6 Å². The molecule has 0 spiro atoms. The van der Waals surface area contributed by atoms with E-state index in [4.69, 9.17) is 15.7 Å². The fourth-order valence-corrected chi connectivity index (χ4v) is 5.33. The number of alkyl halides is 3. The van der Waals surface area contributed by atoms with Crippen LogP contribution < -0.4 is 15.5 Å². The Morgan fingerprint density at radius 3 is 2.71 bits per heavy atom. The van der Waals surface area contributed by atoms with Crippen molar-refractivity contribution in [1.82, 2.24) is 24.7 Å². The van der Waals surface area contributed by atoms with Crippen molar-refractivity contribution in [3.8, 4) is 0 Å². The highest BCUT2D eigenvalue weighted by Crippen LogP contribution is 2.36. The van der Waals surface area contributed by atoms with E-state index in [0.29, 0.717) is 24.9 Å². The summed E-state index contributed by atoms with van der Waals surface area (Å²) in [6.07, 6.45) is -1.65. The number of rotatable bonds is 4. The molecule has 0 radical (unpaired) electrons. The van der Waals surface area contributed by atoms with Gasteiger partial charge < -0.3 is 20.1 Å². The summed E-state index contributed by atoms with van der Waals surface area (Å²) in [6.45, 7) is 4.37. The van der Waals surface area contributed by atoms with Crippen LogP contribution in [0.25, 0.3) is 10.2 Å². The average Bonchev–Trinajstić information content (AvgIpc) is 3.43. The number of thiophene rings is 1. The molecular weight excluding hydrogens is 429 g/mol. The van der Waals surface area contributed by atoms with Crippen molar-refractivity contribution in [3.05, 3.63) is 22.6 Å². The third-order valence-electron chi connectivity index (χ3n) is 5.72. The molecule has 5 heterocycles. The van der Waals surface area contributed by atoms with E-state index < -0.39 is 12.0 Å². The van der Waals surface area contributed by atoms with Crippen molar-refractivity contribution in [2.75, 3.05) is 29.4 Å². The Hall–Kier alpha value is -2.47. The Labute approximate surface area is 180 Å². The minimum atomic E-state index is -4.51. The lowest BCUT2D eigenvalue weighted by molar-refractivity contribution is -0.147. The summed E-state index contributed by atoms with van der Waals surface area (Å²) < 4.78 is 40.8. The molecule has 1 fully saturated rings. The Bertz CT molecular complexity index is 1110. The Balaban J connectivity index is 1.54. The molecule has 0 unspecified atom stereocenters. The first-order valence-electron chi connectivity index (χ1n) is 10.4. The van der Waals surface area contributed by atoms with Gasteiger partial charge in [0.25, 0.3) is 0 Å². The van der Waals surface area contributed by atoms with Crippen LogP contribution in [0.5, 0.6) is 0 Å². The first-order chi connectivity index (χ1) is 14.8. The first-order valence-corrected chi connectivity index (χ1v) is 11.2. The van der Waals surface area contributed by atoms with Crippen LogP contribution in [0, 0.1) is 0 Å². The summed E-state index contributed by atoms with van der Waals surface area (Å²) in [6, 6.07) is 2.20. The van der Waals surface area contributed by atoms with Gasteiger partial charge in [-0.1, -0.05) is 13.3 Å². The van der Waals surface area contributed by atoms with E-state index in [1.54, 1.807) is 11.3 Å². The topological polar surface area (TPSA) is 89.0 Å². The molecule has 0 aromatic carbocycles. The molecule has 2 aliphatic rings. The first kappa shape index (κ1) is 20.4. The van der Waals surface area contributed by atoms with Crippen LogP contribution in [0.15, 0.2) is 6.07 Å². The smallest absolute Gasteiger partial charge is 0.347 e. The quantitative estimate of drug-likeness (QED) is 0.651. The molecule has 3 aromatic heterocycles. The number of nitrogens with two attached hydrogens (primary N) is 1. The molecule has 1 atom stereocenters. The minimum absolute atomic E-state index is 0.0936. The Morgan fingerprint density at radius 2 is 2.00 bits per heavy atom. The number of nitrogens with zero attached hydrogens (tertiary/aromatic N) is 7. The summed E-state index contributed by atoms with van der Waals surface area (Å²) in [7, 11) is 0. The highest BCUT2D eigenvalue weighted by atomic mass is 32.1. The van der Waals surface area contributed by atoms with E-state index in [1.807, 2.05) is 4.90 Å². The molecule has 5 rings (SSSR count). The van der Waals surface area contributed by atoms with Gasteiger partial charge in [0, 0.05) is 37.1 Å². The number of fused-ring (bicyclic) bond motifs is 2. The Morgan fingerprint density at radius 1 is 1.16 bits per heavy atom. The lowest BCUT2D eigenvalue weighted by Gasteiger charge is -2.30. The maximum atomic E-state index is 13.2. The van der Waals surface area contributed by atoms with Crippen LogP contribution in [0.1, 0.15) is 36.3 Å². The SMILES string of the molecule is CCCc1cc2c(N3CCn4c(nnc4C(F)(F)F)C3)nc(N3CC[C@@H](N)C3)nc2s1. The van der Waals surface area contributed by atoms with Crippen molar-refractivity contribution < 1.29 is 13.2 Å². The molecule has 1 saturated heterocycles. The Kier molecular flexibility index (Phi) is 5.00. The zero-order valence-electron chi connectivity index (χ0n) is 17.1. The van der Waals surface area contributed by atoms with E-state index in [-0.39, 0.29) is 19.1 Å². The van der Waals surface area contributed by atoms with E-state index >= 15 is 0 Å². The highest BCUT2D eigenvalue weighted by molar-refractivity contribution is 7.18. The summed E-state index contributed by atoms with van der Waals surface area (Å²) in [5.74, 6) is 0.715. The van der Waals surface area contributed by atoms with Crippen LogP contribution in [-0.4, -0.2) is 50.4 Å². The summed E-state index contributed by atoms with van der Waals surface area (Å²) in [5, 5.41) is 8.13. The van der Waals surface area contributed by atoms with Crippen LogP contribution >= 0.6 is 11.3 Å². The van der Waals surface area contributed by atoms with Crippen LogP contribution in [0.2, 0.25) is 0 Å². The fraction of sp³-hybridized carbons (Fsp3) is 0.579. The molecule has 8 nitrogen and oxygen atoms in total. The summed E-state index contributed by atoms with van der Waals surface area (Å²) >= 11 is 1.65. The van der Waals surface area contributed by atoms with Crippen LogP contribution in [0.3, 0.4) is 0 Å². The third-order valence-corrected chi connectivity index (χ3v) is 6.81. The van der Waals surface area contributed by atoms with E-state index in [2.05, 4.69) is 28.1 Å². The lowest BCUT2D eigenvalue weighted by atomic mass is 10.2. The van der Waals surface area contributed by atoms with Gasteiger partial charge in [0.2, 0.25) is 11.8 Å². The van der Waals surface area contributed by atoms with Crippen molar-refractivity contribution in [2.24, 2.45) is 5.73 Å². The normalized spacial score (nSPS) is 19.5. The molecule has 0 amide bonds. The van der Waals surface area contributed by atoms with Crippen molar-refractivity contribution in [1.29, 1.82) is 0 Å². The highest BCUT2D eigenvalue weighted by Gasteiger charge is 2.40. The number of halogens is 3. The lowest BCUT2D eigenvalue weighted by Crippen LogP contribution is -2.36. The third kappa shape index (κ3) is 3.71. The molecule has 0 saturated carbocycles. The van der Waals surface area contributed by atoms with E-state index in [9.17, 15) is 13.2 Å². The number of aryl methyl sites for hydroxylation is 1. The van der Waals surface area contributed by atoms with Gasteiger partial charge in [0.05, 0.1) is 11.9 Å².